The van der Waals surface area contributed by atoms with Crippen LogP contribution in [-0.4, -0.2) is 44.1 Å². The average Bonchev–Trinajstić information content (AvgIpc) is 3.15. The number of H-pyrrole nitrogens is 1. The van der Waals surface area contributed by atoms with E-state index in [4.69, 9.17) is 11.6 Å². The molecule has 1 amide bonds. The molecule has 0 bridgehead atoms. The molecule has 1 aliphatic heterocycles. The highest BCUT2D eigenvalue weighted by molar-refractivity contribution is 6.31. The van der Waals surface area contributed by atoms with E-state index in [2.05, 4.69) is 26.2 Å². The molecule has 26 heavy (non-hydrogen) atoms. The molecule has 2 N–H and O–H groups in total. The molecule has 1 aromatic heterocycles. The number of carbonyl (C=O) groups excluding carboxylic acids is 1. The van der Waals surface area contributed by atoms with Crippen molar-refractivity contribution in [1.29, 1.82) is 0 Å². The summed E-state index contributed by atoms with van der Waals surface area (Å²) in [6.45, 7) is 3.71. The molecule has 6 heteroatoms. The molecule has 0 radical (unpaired) electrons. The molecule has 5 nitrogen and oxygen atoms in total. The molecule has 0 unspecified atom stereocenters. The Morgan fingerprint density at radius 3 is 2.42 bits per heavy atom. The quantitative estimate of drug-likeness (QED) is 0.743. The van der Waals surface area contributed by atoms with Crippen LogP contribution in [0.4, 0.5) is 11.4 Å². The summed E-state index contributed by atoms with van der Waals surface area (Å²) in [6, 6.07) is 13.9. The highest BCUT2D eigenvalue weighted by atomic mass is 35.5. The maximum atomic E-state index is 11.7. The third kappa shape index (κ3) is 3.10. The minimum absolute atomic E-state index is 0.0576. The highest BCUT2D eigenvalue weighted by Crippen LogP contribution is 2.31. The van der Waals surface area contributed by atoms with E-state index in [1.165, 1.54) is 11.1 Å². The van der Waals surface area contributed by atoms with Gasteiger partial charge >= 0.3 is 0 Å². The van der Waals surface area contributed by atoms with Crippen LogP contribution in [0.5, 0.6) is 0 Å². The molecule has 3 aromatic rings. The Balaban J connectivity index is 1.48. The fraction of sp³-hybridized carbons (Fsp3) is 0.250. The standard InChI is InChI=1S/C20H21ClN4O/c1-22-20(26)14-2-4-16(5-3-14)24-8-10-25(11-9-24)19-13-15(21)12-18-17(19)6-7-23-18/h2-7,12-13,23H,8-11H2,1H3,(H,22,26). The number of rotatable bonds is 3. The normalized spacial score (nSPS) is 14.7. The molecular formula is C20H21ClN4O. The first-order chi connectivity index (χ1) is 12.7. The molecule has 1 aliphatic rings. The topological polar surface area (TPSA) is 51.4 Å². The van der Waals surface area contributed by atoms with Gasteiger partial charge in [-0.1, -0.05) is 11.6 Å². The van der Waals surface area contributed by atoms with Gasteiger partial charge in [-0.3, -0.25) is 4.79 Å². The Bertz CT molecular complexity index is 927. The summed E-state index contributed by atoms with van der Waals surface area (Å²) in [6.07, 6.45) is 1.95. The van der Waals surface area contributed by atoms with Crippen LogP contribution in [0.15, 0.2) is 48.7 Å². The number of benzene rings is 2. The average molecular weight is 369 g/mol. The van der Waals surface area contributed by atoms with E-state index in [1.807, 2.05) is 42.6 Å². The smallest absolute Gasteiger partial charge is 0.251 e. The van der Waals surface area contributed by atoms with Crippen LogP contribution in [0.3, 0.4) is 0 Å². The molecule has 2 heterocycles. The van der Waals surface area contributed by atoms with Crippen molar-refractivity contribution in [2.75, 3.05) is 43.0 Å². The van der Waals surface area contributed by atoms with Gasteiger partial charge < -0.3 is 20.1 Å². The van der Waals surface area contributed by atoms with Crippen molar-refractivity contribution in [3.05, 3.63) is 59.2 Å². The van der Waals surface area contributed by atoms with Gasteiger partial charge in [-0.2, -0.15) is 0 Å². The van der Waals surface area contributed by atoms with Gasteiger partial charge in [-0.05, 0) is 42.5 Å². The maximum Gasteiger partial charge on any atom is 0.251 e. The number of nitrogens with zero attached hydrogens (tertiary/aromatic N) is 2. The summed E-state index contributed by atoms with van der Waals surface area (Å²) in [5.41, 5.74) is 4.09. The van der Waals surface area contributed by atoms with Crippen LogP contribution < -0.4 is 15.1 Å². The third-order valence-corrected chi connectivity index (χ3v) is 5.17. The molecule has 134 valence electrons. The number of anilines is 2. The van der Waals surface area contributed by atoms with Crippen molar-refractivity contribution in [1.82, 2.24) is 10.3 Å². The lowest BCUT2D eigenvalue weighted by Crippen LogP contribution is -2.46. The summed E-state index contributed by atoms with van der Waals surface area (Å²) in [5.74, 6) is -0.0576. The van der Waals surface area contributed by atoms with Crippen molar-refractivity contribution in [2.45, 2.75) is 0 Å². The van der Waals surface area contributed by atoms with E-state index in [1.54, 1.807) is 7.05 Å². The molecule has 2 aromatic carbocycles. The van der Waals surface area contributed by atoms with Crippen molar-refractivity contribution in [3.8, 4) is 0 Å². The Hall–Kier alpha value is -2.66. The van der Waals surface area contributed by atoms with Gasteiger partial charge in [0.05, 0.1) is 0 Å². The molecule has 0 atom stereocenters. The number of hydrogen-bond donors (Lipinski definition) is 2. The fourth-order valence-corrected chi connectivity index (χ4v) is 3.76. The number of aromatic amines is 1. The zero-order valence-electron chi connectivity index (χ0n) is 14.6. The summed E-state index contributed by atoms with van der Waals surface area (Å²) in [4.78, 5) is 19.6. The van der Waals surface area contributed by atoms with Gasteiger partial charge in [0.1, 0.15) is 0 Å². The van der Waals surface area contributed by atoms with E-state index in [0.29, 0.717) is 5.56 Å². The van der Waals surface area contributed by atoms with Crippen LogP contribution in [-0.2, 0) is 0 Å². The predicted molar refractivity (Wildman–Crippen MR) is 108 cm³/mol. The van der Waals surface area contributed by atoms with E-state index < -0.39 is 0 Å². The second kappa shape index (κ2) is 6.92. The highest BCUT2D eigenvalue weighted by Gasteiger charge is 2.20. The van der Waals surface area contributed by atoms with Crippen molar-refractivity contribution >= 4 is 39.8 Å². The SMILES string of the molecule is CNC(=O)c1ccc(N2CCN(c3cc(Cl)cc4[nH]ccc34)CC2)cc1. The van der Waals surface area contributed by atoms with Gasteiger partial charge in [0.2, 0.25) is 0 Å². The lowest BCUT2D eigenvalue weighted by molar-refractivity contribution is 0.0963. The van der Waals surface area contributed by atoms with E-state index in [0.717, 1.165) is 42.4 Å². The van der Waals surface area contributed by atoms with Crippen LogP contribution in [0.1, 0.15) is 10.4 Å². The first-order valence-corrected chi connectivity index (χ1v) is 9.12. The monoisotopic (exact) mass is 368 g/mol. The number of piperazine rings is 1. The molecule has 0 spiro atoms. The number of aromatic nitrogens is 1. The van der Waals surface area contributed by atoms with Gasteiger partial charge in [0.25, 0.3) is 5.91 Å². The first kappa shape index (κ1) is 16.8. The van der Waals surface area contributed by atoms with Crippen LogP contribution >= 0.6 is 11.6 Å². The van der Waals surface area contributed by atoms with Crippen LogP contribution in [0.25, 0.3) is 10.9 Å². The lowest BCUT2D eigenvalue weighted by Gasteiger charge is -2.37. The molecular weight excluding hydrogens is 348 g/mol. The Morgan fingerprint density at radius 1 is 1.04 bits per heavy atom. The van der Waals surface area contributed by atoms with Gasteiger partial charge in [0.15, 0.2) is 0 Å². The minimum Gasteiger partial charge on any atom is -0.368 e. The fourth-order valence-electron chi connectivity index (χ4n) is 3.55. The summed E-state index contributed by atoms with van der Waals surface area (Å²) >= 11 is 6.29. The van der Waals surface area contributed by atoms with Crippen LogP contribution in [0.2, 0.25) is 5.02 Å². The van der Waals surface area contributed by atoms with E-state index in [-0.39, 0.29) is 5.91 Å². The molecule has 1 saturated heterocycles. The number of nitrogens with one attached hydrogen (secondary N) is 2. The molecule has 0 aliphatic carbocycles. The third-order valence-electron chi connectivity index (χ3n) is 4.95. The van der Waals surface area contributed by atoms with Gasteiger partial charge in [-0.25, -0.2) is 0 Å². The molecule has 4 rings (SSSR count). The number of amides is 1. The Morgan fingerprint density at radius 2 is 1.73 bits per heavy atom. The number of fused-ring (bicyclic) bond motifs is 1. The Kier molecular flexibility index (Phi) is 4.47. The van der Waals surface area contributed by atoms with Crippen molar-refractivity contribution in [2.24, 2.45) is 0 Å². The zero-order valence-corrected chi connectivity index (χ0v) is 15.4. The van der Waals surface area contributed by atoms with Crippen molar-refractivity contribution in [3.63, 3.8) is 0 Å². The van der Waals surface area contributed by atoms with Crippen LogP contribution in [0, 0.1) is 0 Å². The Labute approximate surface area is 157 Å². The summed E-state index contributed by atoms with van der Waals surface area (Å²) in [7, 11) is 1.65. The zero-order chi connectivity index (χ0) is 18.1. The van der Waals surface area contributed by atoms with E-state index in [9.17, 15) is 4.79 Å². The number of halogens is 1. The lowest BCUT2D eigenvalue weighted by atomic mass is 10.1. The molecule has 1 fully saturated rings. The second-order valence-electron chi connectivity index (χ2n) is 6.46. The van der Waals surface area contributed by atoms with Gasteiger partial charge in [-0.15, -0.1) is 0 Å². The minimum atomic E-state index is -0.0576. The first-order valence-electron chi connectivity index (χ1n) is 8.74. The van der Waals surface area contributed by atoms with Gasteiger partial charge in [0, 0.05) is 72.3 Å². The second-order valence-corrected chi connectivity index (χ2v) is 6.90. The van der Waals surface area contributed by atoms with Crippen molar-refractivity contribution < 1.29 is 4.79 Å². The number of carbonyl (C=O) groups is 1. The number of hydrogen-bond acceptors (Lipinski definition) is 3. The maximum absolute atomic E-state index is 11.7. The summed E-state index contributed by atoms with van der Waals surface area (Å²) < 4.78 is 0. The molecule has 0 saturated carbocycles. The summed E-state index contributed by atoms with van der Waals surface area (Å²) in [5, 5.41) is 4.61. The van der Waals surface area contributed by atoms with E-state index >= 15 is 0 Å². The predicted octanol–water partition coefficient (Wildman–Crippen LogP) is 3.51. The largest absolute Gasteiger partial charge is 0.368 e.